The highest BCUT2D eigenvalue weighted by atomic mass is 19.1. The average molecular weight is 257 g/mol. The van der Waals surface area contributed by atoms with E-state index >= 15 is 0 Å². The number of Topliss-reactive ketones (excluding diaryl/α,β-unsaturated/α-hetero) is 1. The van der Waals surface area contributed by atoms with Gasteiger partial charge in [-0.05, 0) is 61.6 Å². The topological polar surface area (TPSA) is 30.0 Å². The van der Waals surface area contributed by atoms with E-state index in [1.165, 1.54) is 19.1 Å². The van der Waals surface area contributed by atoms with Crippen LogP contribution in [0.1, 0.15) is 34.8 Å². The Morgan fingerprint density at radius 1 is 1.26 bits per heavy atom. The van der Waals surface area contributed by atoms with E-state index in [1.807, 2.05) is 18.3 Å². The summed E-state index contributed by atoms with van der Waals surface area (Å²) in [5.41, 5.74) is 2.32. The molecule has 0 aliphatic heterocycles. The summed E-state index contributed by atoms with van der Waals surface area (Å²) in [6.07, 6.45) is 5.88. The molecule has 3 heteroatoms. The van der Waals surface area contributed by atoms with Gasteiger partial charge in [0.1, 0.15) is 5.82 Å². The van der Waals surface area contributed by atoms with E-state index in [9.17, 15) is 9.18 Å². The Balaban J connectivity index is 1.99. The molecule has 0 fully saturated rings. The summed E-state index contributed by atoms with van der Waals surface area (Å²) in [7, 11) is 0. The van der Waals surface area contributed by atoms with E-state index < -0.39 is 0 Å². The second-order valence-electron chi connectivity index (χ2n) is 4.58. The average Bonchev–Trinajstić information content (AvgIpc) is 2.42. The lowest BCUT2D eigenvalue weighted by Crippen LogP contribution is -1.98. The first-order valence-corrected chi connectivity index (χ1v) is 6.35. The molecule has 0 aliphatic rings. The molecule has 1 aromatic carbocycles. The quantitative estimate of drug-likeness (QED) is 0.766. The van der Waals surface area contributed by atoms with Crippen molar-refractivity contribution in [2.24, 2.45) is 0 Å². The standard InChI is InChI=1S/C16H16FNO/c1-12(19)14-7-8-16(17)15(10-14)6-2-4-13-5-3-9-18-11-13/h3,5,7-11H,2,4,6H2,1H3. The van der Waals surface area contributed by atoms with Gasteiger partial charge in [-0.25, -0.2) is 4.39 Å². The minimum absolute atomic E-state index is 0.0338. The van der Waals surface area contributed by atoms with E-state index in [0.717, 1.165) is 18.4 Å². The van der Waals surface area contributed by atoms with Crippen LogP contribution in [0.15, 0.2) is 42.7 Å². The second-order valence-corrected chi connectivity index (χ2v) is 4.58. The lowest BCUT2D eigenvalue weighted by atomic mass is 10.0. The Hall–Kier alpha value is -2.03. The summed E-state index contributed by atoms with van der Waals surface area (Å²) in [5, 5.41) is 0. The normalized spacial score (nSPS) is 10.4. The highest BCUT2D eigenvalue weighted by molar-refractivity contribution is 5.94. The van der Waals surface area contributed by atoms with Crippen LogP contribution in [-0.2, 0) is 12.8 Å². The molecular weight excluding hydrogens is 241 g/mol. The smallest absolute Gasteiger partial charge is 0.159 e. The van der Waals surface area contributed by atoms with Gasteiger partial charge in [-0.1, -0.05) is 6.07 Å². The summed E-state index contributed by atoms with van der Waals surface area (Å²) in [4.78, 5) is 15.3. The number of aromatic nitrogens is 1. The number of halogens is 1. The van der Waals surface area contributed by atoms with Gasteiger partial charge in [0.25, 0.3) is 0 Å². The zero-order valence-electron chi connectivity index (χ0n) is 10.9. The molecule has 0 atom stereocenters. The molecular formula is C16H16FNO. The third-order valence-electron chi connectivity index (χ3n) is 3.09. The summed E-state index contributed by atoms with van der Waals surface area (Å²) in [5.74, 6) is -0.273. The van der Waals surface area contributed by atoms with Crippen LogP contribution < -0.4 is 0 Å². The molecule has 0 saturated carbocycles. The molecule has 2 aromatic rings. The summed E-state index contributed by atoms with van der Waals surface area (Å²) < 4.78 is 13.6. The number of carbonyl (C=O) groups is 1. The van der Waals surface area contributed by atoms with E-state index in [4.69, 9.17) is 0 Å². The van der Waals surface area contributed by atoms with Gasteiger partial charge in [0.2, 0.25) is 0 Å². The Kier molecular flexibility index (Phi) is 4.39. The van der Waals surface area contributed by atoms with E-state index in [1.54, 1.807) is 12.3 Å². The SMILES string of the molecule is CC(=O)c1ccc(F)c(CCCc2cccnc2)c1. The highest BCUT2D eigenvalue weighted by Gasteiger charge is 2.06. The van der Waals surface area contributed by atoms with Crippen LogP contribution in [0.5, 0.6) is 0 Å². The lowest BCUT2D eigenvalue weighted by molar-refractivity contribution is 0.101. The maximum atomic E-state index is 13.6. The van der Waals surface area contributed by atoms with Crippen molar-refractivity contribution in [1.82, 2.24) is 4.98 Å². The molecule has 1 heterocycles. The van der Waals surface area contributed by atoms with Gasteiger partial charge in [0.15, 0.2) is 5.78 Å². The molecule has 0 amide bonds. The third kappa shape index (κ3) is 3.71. The largest absolute Gasteiger partial charge is 0.295 e. The number of rotatable bonds is 5. The van der Waals surface area contributed by atoms with Crippen molar-refractivity contribution < 1.29 is 9.18 Å². The first-order chi connectivity index (χ1) is 9.16. The van der Waals surface area contributed by atoms with Gasteiger partial charge < -0.3 is 0 Å². The molecule has 2 nitrogen and oxygen atoms in total. The molecule has 0 radical (unpaired) electrons. The van der Waals surface area contributed by atoms with Gasteiger partial charge in [-0.3, -0.25) is 9.78 Å². The van der Waals surface area contributed by atoms with Crippen LogP contribution in [0.4, 0.5) is 4.39 Å². The minimum Gasteiger partial charge on any atom is -0.295 e. The van der Waals surface area contributed by atoms with Crippen LogP contribution in [0.2, 0.25) is 0 Å². The fourth-order valence-electron chi connectivity index (χ4n) is 2.01. The van der Waals surface area contributed by atoms with Crippen molar-refractivity contribution in [2.75, 3.05) is 0 Å². The van der Waals surface area contributed by atoms with Crippen molar-refractivity contribution >= 4 is 5.78 Å². The number of aryl methyl sites for hydroxylation is 2. The van der Waals surface area contributed by atoms with Crippen molar-refractivity contribution in [3.05, 3.63) is 65.2 Å². The van der Waals surface area contributed by atoms with Crippen LogP contribution in [0.25, 0.3) is 0 Å². The van der Waals surface area contributed by atoms with E-state index in [0.29, 0.717) is 17.5 Å². The van der Waals surface area contributed by atoms with Crippen molar-refractivity contribution in [3.8, 4) is 0 Å². The second kappa shape index (κ2) is 6.23. The summed E-state index contributed by atoms with van der Waals surface area (Å²) in [6.45, 7) is 1.49. The van der Waals surface area contributed by atoms with Crippen LogP contribution in [-0.4, -0.2) is 10.8 Å². The Bertz CT molecular complexity index is 566. The molecule has 2 rings (SSSR count). The number of pyridine rings is 1. The fourth-order valence-corrected chi connectivity index (χ4v) is 2.01. The highest BCUT2D eigenvalue weighted by Crippen LogP contribution is 2.14. The third-order valence-corrected chi connectivity index (χ3v) is 3.09. The van der Waals surface area contributed by atoms with Gasteiger partial charge >= 0.3 is 0 Å². The fraction of sp³-hybridized carbons (Fsp3) is 0.250. The number of nitrogens with zero attached hydrogens (tertiary/aromatic N) is 1. The predicted molar refractivity (Wildman–Crippen MR) is 72.7 cm³/mol. The molecule has 0 bridgehead atoms. The van der Waals surface area contributed by atoms with Crippen LogP contribution in [0, 0.1) is 5.82 Å². The number of carbonyl (C=O) groups excluding carboxylic acids is 1. The van der Waals surface area contributed by atoms with Gasteiger partial charge in [-0.15, -0.1) is 0 Å². The first-order valence-electron chi connectivity index (χ1n) is 6.35. The Morgan fingerprint density at radius 3 is 2.79 bits per heavy atom. The molecule has 0 aliphatic carbocycles. The van der Waals surface area contributed by atoms with Crippen molar-refractivity contribution in [1.29, 1.82) is 0 Å². The van der Waals surface area contributed by atoms with Crippen LogP contribution in [0.3, 0.4) is 0 Å². The zero-order valence-corrected chi connectivity index (χ0v) is 10.9. The molecule has 98 valence electrons. The molecule has 0 saturated heterocycles. The van der Waals surface area contributed by atoms with E-state index in [2.05, 4.69) is 4.98 Å². The molecule has 0 spiro atoms. The summed E-state index contributed by atoms with van der Waals surface area (Å²) in [6, 6.07) is 8.46. The number of hydrogen-bond acceptors (Lipinski definition) is 2. The van der Waals surface area contributed by atoms with Crippen molar-refractivity contribution in [3.63, 3.8) is 0 Å². The number of hydrogen-bond donors (Lipinski definition) is 0. The molecule has 0 N–H and O–H groups in total. The Labute approximate surface area is 112 Å². The molecule has 19 heavy (non-hydrogen) atoms. The monoisotopic (exact) mass is 257 g/mol. The zero-order chi connectivity index (χ0) is 13.7. The summed E-state index contributed by atoms with van der Waals surface area (Å²) >= 11 is 0. The van der Waals surface area contributed by atoms with Crippen LogP contribution >= 0.6 is 0 Å². The minimum atomic E-state index is -0.240. The van der Waals surface area contributed by atoms with Gasteiger partial charge in [0.05, 0.1) is 0 Å². The Morgan fingerprint density at radius 2 is 2.11 bits per heavy atom. The van der Waals surface area contributed by atoms with E-state index in [-0.39, 0.29) is 11.6 Å². The van der Waals surface area contributed by atoms with Gasteiger partial charge in [0, 0.05) is 18.0 Å². The maximum absolute atomic E-state index is 13.6. The lowest BCUT2D eigenvalue weighted by Gasteiger charge is -2.05. The maximum Gasteiger partial charge on any atom is 0.159 e. The number of benzene rings is 1. The van der Waals surface area contributed by atoms with Gasteiger partial charge in [-0.2, -0.15) is 0 Å². The van der Waals surface area contributed by atoms with Crippen molar-refractivity contribution in [2.45, 2.75) is 26.2 Å². The first kappa shape index (κ1) is 13.4. The predicted octanol–water partition coefficient (Wildman–Crippen LogP) is 3.60. The number of ketones is 1. The molecule has 0 unspecified atom stereocenters. The molecule has 1 aromatic heterocycles.